The standard InChI is InChI=1S/C24H32FN3O3S/c1-18-12-13-22(17-23(18)25)32(30,31)26-20-9-7-8-19(16-20)24(29)28(3)15-14-27(2)21-10-5-4-6-11-21/h7-9,12-13,16-17,21,26H,4-6,10-11,14-15H2,1-3H3. The highest BCUT2D eigenvalue weighted by Gasteiger charge is 2.20. The highest BCUT2D eigenvalue weighted by Crippen LogP contribution is 2.22. The lowest BCUT2D eigenvalue weighted by Crippen LogP contribution is -2.40. The van der Waals surface area contributed by atoms with Crippen molar-refractivity contribution < 1.29 is 17.6 Å². The van der Waals surface area contributed by atoms with Gasteiger partial charge in [-0.2, -0.15) is 0 Å². The molecule has 8 heteroatoms. The van der Waals surface area contributed by atoms with E-state index >= 15 is 0 Å². The van der Waals surface area contributed by atoms with E-state index in [-0.39, 0.29) is 16.5 Å². The van der Waals surface area contributed by atoms with Crippen LogP contribution in [0.1, 0.15) is 48.0 Å². The maximum absolute atomic E-state index is 13.8. The Hall–Kier alpha value is -2.45. The summed E-state index contributed by atoms with van der Waals surface area (Å²) in [6.45, 7) is 2.94. The van der Waals surface area contributed by atoms with Crippen molar-refractivity contribution in [2.75, 3.05) is 31.9 Å². The first-order chi connectivity index (χ1) is 15.2. The van der Waals surface area contributed by atoms with E-state index in [0.29, 0.717) is 23.7 Å². The van der Waals surface area contributed by atoms with Gasteiger partial charge in [0.1, 0.15) is 5.82 Å². The predicted molar refractivity (Wildman–Crippen MR) is 125 cm³/mol. The fourth-order valence-corrected chi connectivity index (χ4v) is 5.07. The van der Waals surface area contributed by atoms with Gasteiger partial charge in [-0.15, -0.1) is 0 Å². The van der Waals surface area contributed by atoms with Crippen LogP contribution in [0.4, 0.5) is 10.1 Å². The number of benzene rings is 2. The maximum Gasteiger partial charge on any atom is 0.261 e. The van der Waals surface area contributed by atoms with Crippen LogP contribution in [0.5, 0.6) is 0 Å². The van der Waals surface area contributed by atoms with Crippen molar-refractivity contribution in [3.8, 4) is 0 Å². The Morgan fingerprint density at radius 2 is 1.78 bits per heavy atom. The molecule has 174 valence electrons. The average Bonchev–Trinajstić information content (AvgIpc) is 2.78. The van der Waals surface area contributed by atoms with Crippen LogP contribution in [0.3, 0.4) is 0 Å². The van der Waals surface area contributed by atoms with Crippen LogP contribution in [0.25, 0.3) is 0 Å². The van der Waals surface area contributed by atoms with E-state index < -0.39 is 15.8 Å². The van der Waals surface area contributed by atoms with Crippen molar-refractivity contribution in [1.82, 2.24) is 9.80 Å². The largest absolute Gasteiger partial charge is 0.340 e. The van der Waals surface area contributed by atoms with Gasteiger partial charge in [0.25, 0.3) is 15.9 Å². The Morgan fingerprint density at radius 1 is 1.06 bits per heavy atom. The summed E-state index contributed by atoms with van der Waals surface area (Å²) >= 11 is 0. The van der Waals surface area contributed by atoms with Crippen LogP contribution in [-0.2, 0) is 10.0 Å². The number of hydrogen-bond donors (Lipinski definition) is 1. The fourth-order valence-electron chi connectivity index (χ4n) is 4.00. The number of carbonyl (C=O) groups is 1. The van der Waals surface area contributed by atoms with Gasteiger partial charge in [-0.05, 0) is 62.7 Å². The van der Waals surface area contributed by atoms with Gasteiger partial charge in [-0.1, -0.05) is 31.4 Å². The number of amides is 1. The third-order valence-corrected chi connectivity index (χ3v) is 7.53. The molecular formula is C24H32FN3O3S. The number of anilines is 1. The topological polar surface area (TPSA) is 69.7 Å². The molecule has 1 aliphatic carbocycles. The molecule has 0 aliphatic heterocycles. The van der Waals surface area contributed by atoms with Crippen LogP contribution < -0.4 is 4.72 Å². The van der Waals surface area contributed by atoms with E-state index in [9.17, 15) is 17.6 Å². The van der Waals surface area contributed by atoms with Crippen molar-refractivity contribution in [3.63, 3.8) is 0 Å². The number of sulfonamides is 1. The summed E-state index contributed by atoms with van der Waals surface area (Å²) in [5, 5.41) is 0. The number of aryl methyl sites for hydroxylation is 1. The smallest absolute Gasteiger partial charge is 0.261 e. The zero-order chi connectivity index (χ0) is 23.3. The number of hydrogen-bond acceptors (Lipinski definition) is 4. The van der Waals surface area contributed by atoms with Crippen LogP contribution >= 0.6 is 0 Å². The highest BCUT2D eigenvalue weighted by atomic mass is 32.2. The average molecular weight is 462 g/mol. The molecule has 6 nitrogen and oxygen atoms in total. The first-order valence-electron chi connectivity index (χ1n) is 11.0. The molecule has 32 heavy (non-hydrogen) atoms. The number of halogens is 1. The van der Waals surface area contributed by atoms with Crippen molar-refractivity contribution in [2.45, 2.75) is 50.0 Å². The molecule has 0 heterocycles. The van der Waals surface area contributed by atoms with E-state index in [4.69, 9.17) is 0 Å². The Balaban J connectivity index is 1.64. The molecular weight excluding hydrogens is 429 g/mol. The van der Waals surface area contributed by atoms with Gasteiger partial charge in [-0.25, -0.2) is 12.8 Å². The van der Waals surface area contributed by atoms with Crippen molar-refractivity contribution in [3.05, 3.63) is 59.4 Å². The Bertz CT molecular complexity index is 1050. The van der Waals surface area contributed by atoms with E-state index in [1.165, 1.54) is 50.3 Å². The summed E-state index contributed by atoms with van der Waals surface area (Å²) in [6, 6.07) is 10.7. The molecule has 0 atom stereocenters. The fraction of sp³-hybridized carbons (Fsp3) is 0.458. The SMILES string of the molecule is Cc1ccc(S(=O)(=O)Nc2cccc(C(=O)N(C)CCN(C)C3CCCCC3)c2)cc1F. The van der Waals surface area contributed by atoms with Gasteiger partial charge < -0.3 is 9.80 Å². The van der Waals surface area contributed by atoms with Gasteiger partial charge in [0.05, 0.1) is 4.90 Å². The Kier molecular flexibility index (Phi) is 7.90. The van der Waals surface area contributed by atoms with E-state index in [1.807, 2.05) is 0 Å². The summed E-state index contributed by atoms with van der Waals surface area (Å²) in [5.41, 5.74) is 1.02. The third-order valence-electron chi connectivity index (χ3n) is 6.15. The molecule has 0 radical (unpaired) electrons. The van der Waals surface area contributed by atoms with Gasteiger partial charge in [0.15, 0.2) is 0 Å². The molecule has 1 aliphatic rings. The lowest BCUT2D eigenvalue weighted by Gasteiger charge is -2.32. The van der Waals surface area contributed by atoms with Gasteiger partial charge >= 0.3 is 0 Å². The summed E-state index contributed by atoms with van der Waals surface area (Å²) in [4.78, 5) is 16.7. The molecule has 1 amide bonds. The Labute approximate surface area is 190 Å². The molecule has 0 spiro atoms. The minimum absolute atomic E-state index is 0.166. The summed E-state index contributed by atoms with van der Waals surface area (Å²) in [6.07, 6.45) is 6.26. The number of rotatable bonds is 8. The Morgan fingerprint density at radius 3 is 2.47 bits per heavy atom. The second kappa shape index (κ2) is 10.4. The molecule has 3 rings (SSSR count). The first kappa shape index (κ1) is 24.2. The zero-order valence-electron chi connectivity index (χ0n) is 19.0. The molecule has 1 saturated carbocycles. The van der Waals surface area contributed by atoms with Crippen molar-refractivity contribution in [2.24, 2.45) is 0 Å². The molecule has 0 bridgehead atoms. The van der Waals surface area contributed by atoms with Crippen LogP contribution in [-0.4, -0.2) is 57.4 Å². The van der Waals surface area contributed by atoms with Gasteiger partial charge in [0, 0.05) is 37.4 Å². The van der Waals surface area contributed by atoms with Crippen LogP contribution in [0.2, 0.25) is 0 Å². The summed E-state index contributed by atoms with van der Waals surface area (Å²) in [5.74, 6) is -0.763. The monoisotopic (exact) mass is 461 g/mol. The van der Waals surface area contributed by atoms with Crippen LogP contribution in [0.15, 0.2) is 47.4 Å². The zero-order valence-corrected chi connectivity index (χ0v) is 19.8. The second-order valence-corrected chi connectivity index (χ2v) is 10.3. The molecule has 0 unspecified atom stereocenters. The third kappa shape index (κ3) is 6.07. The van der Waals surface area contributed by atoms with Gasteiger partial charge in [-0.3, -0.25) is 9.52 Å². The molecule has 2 aromatic carbocycles. The molecule has 0 saturated heterocycles. The molecule has 1 fully saturated rings. The van der Waals surface area contributed by atoms with Gasteiger partial charge in [0.2, 0.25) is 0 Å². The quantitative estimate of drug-likeness (QED) is 0.637. The lowest BCUT2D eigenvalue weighted by atomic mass is 9.94. The number of nitrogens with one attached hydrogen (secondary N) is 1. The van der Waals surface area contributed by atoms with E-state index in [1.54, 1.807) is 37.1 Å². The minimum Gasteiger partial charge on any atom is -0.340 e. The van der Waals surface area contributed by atoms with E-state index in [2.05, 4.69) is 16.7 Å². The number of carbonyl (C=O) groups excluding carboxylic acids is 1. The molecule has 0 aromatic heterocycles. The predicted octanol–water partition coefficient (Wildman–Crippen LogP) is 4.27. The number of nitrogens with zero attached hydrogens (tertiary/aromatic N) is 2. The maximum atomic E-state index is 13.8. The normalized spacial score (nSPS) is 15.0. The van der Waals surface area contributed by atoms with Crippen molar-refractivity contribution >= 4 is 21.6 Å². The summed E-state index contributed by atoms with van der Waals surface area (Å²) < 4.78 is 41.5. The minimum atomic E-state index is -3.97. The van der Waals surface area contributed by atoms with Crippen molar-refractivity contribution in [1.29, 1.82) is 0 Å². The second-order valence-electron chi connectivity index (χ2n) is 8.60. The number of likely N-dealkylation sites (N-methyl/N-ethyl adjacent to an activating group) is 2. The molecule has 1 N–H and O–H groups in total. The lowest BCUT2D eigenvalue weighted by molar-refractivity contribution is 0.0767. The summed E-state index contributed by atoms with van der Waals surface area (Å²) in [7, 11) is -0.109. The molecule has 2 aromatic rings. The van der Waals surface area contributed by atoms with Crippen LogP contribution in [0, 0.1) is 12.7 Å². The van der Waals surface area contributed by atoms with E-state index in [0.717, 1.165) is 12.6 Å². The first-order valence-corrected chi connectivity index (χ1v) is 12.5. The highest BCUT2D eigenvalue weighted by molar-refractivity contribution is 7.92.